The van der Waals surface area contributed by atoms with Crippen LogP contribution in [-0.4, -0.2) is 34.8 Å². The number of fused-ring (bicyclic) bond motifs is 2. The standard InChI is InChI=1S/C18H23N3O3/c1-4-17(2,3)19-14(22)11-21-15(23)18(20-16(21)24)10-9-12-7-5-6-8-13(12)18/h5-8H,4,9-11H2,1-3H3,(H,19,22)(H,20,24)/t18-/m0/s1. The molecule has 0 saturated carbocycles. The van der Waals surface area contributed by atoms with Gasteiger partial charge in [-0.1, -0.05) is 31.2 Å². The van der Waals surface area contributed by atoms with E-state index in [0.717, 1.165) is 28.9 Å². The number of aryl methyl sites for hydroxylation is 1. The highest BCUT2D eigenvalue weighted by Crippen LogP contribution is 2.41. The summed E-state index contributed by atoms with van der Waals surface area (Å²) < 4.78 is 0. The van der Waals surface area contributed by atoms with Gasteiger partial charge in [-0.15, -0.1) is 0 Å². The third kappa shape index (κ3) is 2.56. The van der Waals surface area contributed by atoms with Gasteiger partial charge in [0.1, 0.15) is 12.1 Å². The molecule has 0 radical (unpaired) electrons. The second kappa shape index (κ2) is 5.61. The summed E-state index contributed by atoms with van der Waals surface area (Å²) in [6.07, 6.45) is 2.04. The van der Waals surface area contributed by atoms with Gasteiger partial charge >= 0.3 is 6.03 Å². The first-order valence-electron chi connectivity index (χ1n) is 8.32. The van der Waals surface area contributed by atoms with Crippen molar-refractivity contribution in [1.82, 2.24) is 15.5 Å². The van der Waals surface area contributed by atoms with E-state index in [1.165, 1.54) is 0 Å². The minimum Gasteiger partial charge on any atom is -0.350 e. The zero-order valence-corrected chi connectivity index (χ0v) is 14.3. The van der Waals surface area contributed by atoms with E-state index in [1.807, 2.05) is 45.0 Å². The predicted molar refractivity (Wildman–Crippen MR) is 89.2 cm³/mol. The Balaban J connectivity index is 1.80. The summed E-state index contributed by atoms with van der Waals surface area (Å²) in [5, 5.41) is 5.68. The Kier molecular flexibility index (Phi) is 3.86. The first-order chi connectivity index (χ1) is 11.3. The monoisotopic (exact) mass is 329 g/mol. The summed E-state index contributed by atoms with van der Waals surface area (Å²) in [4.78, 5) is 38.5. The van der Waals surface area contributed by atoms with Crippen molar-refractivity contribution in [2.24, 2.45) is 0 Å². The Morgan fingerprint density at radius 3 is 2.75 bits per heavy atom. The van der Waals surface area contributed by atoms with Crippen LogP contribution in [0.5, 0.6) is 0 Å². The van der Waals surface area contributed by atoms with Crippen molar-refractivity contribution in [3.05, 3.63) is 35.4 Å². The van der Waals surface area contributed by atoms with Crippen LogP contribution in [0, 0.1) is 0 Å². The van der Waals surface area contributed by atoms with E-state index < -0.39 is 11.6 Å². The number of hydrogen-bond acceptors (Lipinski definition) is 3. The molecule has 1 aliphatic carbocycles. The molecule has 1 aromatic carbocycles. The van der Waals surface area contributed by atoms with Crippen molar-refractivity contribution in [1.29, 1.82) is 0 Å². The van der Waals surface area contributed by atoms with Crippen LogP contribution < -0.4 is 10.6 Å². The highest BCUT2D eigenvalue weighted by atomic mass is 16.2. The Morgan fingerprint density at radius 1 is 1.33 bits per heavy atom. The normalized spacial score (nSPS) is 22.7. The Hall–Kier alpha value is -2.37. The lowest BCUT2D eigenvalue weighted by molar-refractivity contribution is -0.135. The molecule has 6 heteroatoms. The molecular formula is C18H23N3O3. The summed E-state index contributed by atoms with van der Waals surface area (Å²) in [6, 6.07) is 7.15. The lowest BCUT2D eigenvalue weighted by Gasteiger charge is -2.26. The smallest absolute Gasteiger partial charge is 0.325 e. The maximum Gasteiger partial charge on any atom is 0.325 e. The van der Waals surface area contributed by atoms with Crippen LogP contribution in [0.15, 0.2) is 24.3 Å². The molecule has 128 valence electrons. The van der Waals surface area contributed by atoms with Crippen LogP contribution in [0.3, 0.4) is 0 Å². The molecule has 1 aromatic rings. The molecule has 2 N–H and O–H groups in total. The van der Waals surface area contributed by atoms with Crippen LogP contribution in [-0.2, 0) is 21.5 Å². The molecule has 1 saturated heterocycles. The Bertz CT molecular complexity index is 713. The number of nitrogens with one attached hydrogen (secondary N) is 2. The molecule has 0 unspecified atom stereocenters. The van der Waals surface area contributed by atoms with Crippen LogP contribution in [0.1, 0.15) is 44.7 Å². The van der Waals surface area contributed by atoms with Gasteiger partial charge in [0.05, 0.1) is 0 Å². The fourth-order valence-corrected chi connectivity index (χ4v) is 3.38. The summed E-state index contributed by atoms with van der Waals surface area (Å²) in [7, 11) is 0. The molecular weight excluding hydrogens is 306 g/mol. The van der Waals surface area contributed by atoms with E-state index in [1.54, 1.807) is 0 Å². The molecule has 1 fully saturated rings. The summed E-state index contributed by atoms with van der Waals surface area (Å²) in [5.74, 6) is -0.657. The fraction of sp³-hybridized carbons (Fsp3) is 0.500. The predicted octanol–water partition coefficient (Wildman–Crippen LogP) is 1.68. The van der Waals surface area contributed by atoms with Gasteiger partial charge in [0.2, 0.25) is 5.91 Å². The lowest BCUT2D eigenvalue weighted by Crippen LogP contribution is -2.49. The molecule has 6 nitrogen and oxygen atoms in total. The third-order valence-electron chi connectivity index (χ3n) is 5.09. The average Bonchev–Trinajstić information content (AvgIpc) is 3.01. The van der Waals surface area contributed by atoms with Crippen molar-refractivity contribution in [3.63, 3.8) is 0 Å². The first kappa shape index (κ1) is 16.5. The summed E-state index contributed by atoms with van der Waals surface area (Å²) >= 11 is 0. The van der Waals surface area contributed by atoms with Crippen LogP contribution in [0.25, 0.3) is 0 Å². The molecule has 0 aromatic heterocycles. The van der Waals surface area contributed by atoms with E-state index in [0.29, 0.717) is 6.42 Å². The van der Waals surface area contributed by atoms with Gasteiger partial charge in [0, 0.05) is 5.54 Å². The molecule has 1 aliphatic heterocycles. The Labute approximate surface area is 141 Å². The van der Waals surface area contributed by atoms with Crippen molar-refractivity contribution >= 4 is 17.8 Å². The molecule has 1 atom stereocenters. The third-order valence-corrected chi connectivity index (χ3v) is 5.09. The number of nitrogens with zero attached hydrogens (tertiary/aromatic N) is 1. The van der Waals surface area contributed by atoms with Crippen molar-refractivity contribution in [3.8, 4) is 0 Å². The quantitative estimate of drug-likeness (QED) is 0.825. The van der Waals surface area contributed by atoms with E-state index in [2.05, 4.69) is 10.6 Å². The molecule has 0 bridgehead atoms. The maximum absolute atomic E-state index is 12.9. The zero-order chi connectivity index (χ0) is 17.5. The topological polar surface area (TPSA) is 78.5 Å². The van der Waals surface area contributed by atoms with Crippen LogP contribution in [0.4, 0.5) is 4.79 Å². The van der Waals surface area contributed by atoms with E-state index >= 15 is 0 Å². The van der Waals surface area contributed by atoms with Gasteiger partial charge in [-0.25, -0.2) is 4.79 Å². The maximum atomic E-state index is 12.9. The molecule has 1 heterocycles. The average molecular weight is 329 g/mol. The minimum atomic E-state index is -1.01. The number of benzene rings is 1. The zero-order valence-electron chi connectivity index (χ0n) is 14.3. The molecule has 2 aliphatic rings. The van der Waals surface area contributed by atoms with Crippen molar-refractivity contribution in [2.75, 3.05) is 6.54 Å². The number of hydrogen-bond donors (Lipinski definition) is 2. The van der Waals surface area contributed by atoms with Crippen molar-refractivity contribution < 1.29 is 14.4 Å². The van der Waals surface area contributed by atoms with Crippen LogP contribution in [0.2, 0.25) is 0 Å². The van der Waals surface area contributed by atoms with Gasteiger partial charge in [-0.3, -0.25) is 14.5 Å². The molecule has 3 rings (SSSR count). The van der Waals surface area contributed by atoms with Gasteiger partial charge in [-0.2, -0.15) is 0 Å². The fourth-order valence-electron chi connectivity index (χ4n) is 3.38. The summed E-state index contributed by atoms with van der Waals surface area (Å²) in [5.41, 5.74) is 0.548. The SMILES string of the molecule is CCC(C)(C)NC(=O)CN1C(=O)N[C@]2(CCc3ccccc32)C1=O. The summed E-state index contributed by atoms with van der Waals surface area (Å²) in [6.45, 7) is 5.54. The second-order valence-electron chi connectivity index (χ2n) is 7.17. The van der Waals surface area contributed by atoms with E-state index in [9.17, 15) is 14.4 Å². The van der Waals surface area contributed by atoms with Gasteiger partial charge in [0.15, 0.2) is 0 Å². The van der Waals surface area contributed by atoms with Crippen LogP contribution >= 0.6 is 0 Å². The van der Waals surface area contributed by atoms with Gasteiger partial charge in [-0.05, 0) is 44.2 Å². The molecule has 24 heavy (non-hydrogen) atoms. The number of amides is 4. The number of carbonyl (C=O) groups excluding carboxylic acids is 3. The van der Waals surface area contributed by atoms with Gasteiger partial charge < -0.3 is 10.6 Å². The number of urea groups is 1. The van der Waals surface area contributed by atoms with E-state index in [-0.39, 0.29) is 23.9 Å². The highest BCUT2D eigenvalue weighted by Gasteiger charge is 2.55. The number of rotatable bonds is 4. The highest BCUT2D eigenvalue weighted by molar-refractivity contribution is 6.09. The second-order valence-corrected chi connectivity index (χ2v) is 7.17. The lowest BCUT2D eigenvalue weighted by atomic mass is 9.92. The Morgan fingerprint density at radius 2 is 2.04 bits per heavy atom. The first-order valence-corrected chi connectivity index (χ1v) is 8.32. The van der Waals surface area contributed by atoms with Gasteiger partial charge in [0.25, 0.3) is 5.91 Å². The molecule has 1 spiro atoms. The minimum absolute atomic E-state index is 0.252. The van der Waals surface area contributed by atoms with E-state index in [4.69, 9.17) is 0 Å². The molecule has 4 amide bonds. The largest absolute Gasteiger partial charge is 0.350 e. The number of carbonyl (C=O) groups is 3. The number of imide groups is 1. The van der Waals surface area contributed by atoms with Crippen molar-refractivity contribution in [2.45, 2.75) is 51.1 Å².